The molecule has 1 aliphatic rings. The topological polar surface area (TPSA) is 42.7 Å². The van der Waals surface area contributed by atoms with Gasteiger partial charge in [0, 0.05) is 24.8 Å². The Morgan fingerprint density at radius 2 is 2.33 bits per heavy atom. The molecule has 0 aromatic carbocycles. The van der Waals surface area contributed by atoms with Crippen molar-refractivity contribution < 1.29 is 13.9 Å². The van der Waals surface area contributed by atoms with Gasteiger partial charge in [0.1, 0.15) is 5.76 Å². The molecule has 2 atom stereocenters. The maximum atomic E-state index is 12.4. The average Bonchev–Trinajstić information content (AvgIpc) is 2.85. The van der Waals surface area contributed by atoms with E-state index in [1.165, 1.54) is 0 Å². The van der Waals surface area contributed by atoms with E-state index in [-0.39, 0.29) is 18.1 Å². The smallest absolute Gasteiger partial charge is 0.257 e. The number of carbonyl (C=O) groups is 1. The Kier molecular flexibility index (Phi) is 4.45. The standard InChI is InChI=1S/C13H18BrNO3/c1-3-12-11(4-5-17-12)13(16)15-7-9(2)18-10(6-14)8-15/h4-5,9-10H,3,6-8H2,1-2H3. The molecule has 2 unspecified atom stereocenters. The molecule has 1 fully saturated rings. The van der Waals surface area contributed by atoms with E-state index >= 15 is 0 Å². The Balaban J connectivity index is 2.13. The largest absolute Gasteiger partial charge is 0.469 e. The number of furan rings is 1. The number of halogens is 1. The lowest BCUT2D eigenvalue weighted by Crippen LogP contribution is -2.49. The monoisotopic (exact) mass is 315 g/mol. The minimum absolute atomic E-state index is 0.0432. The van der Waals surface area contributed by atoms with Crippen LogP contribution < -0.4 is 0 Å². The van der Waals surface area contributed by atoms with Gasteiger partial charge in [0.2, 0.25) is 0 Å². The number of amides is 1. The maximum absolute atomic E-state index is 12.4. The van der Waals surface area contributed by atoms with Crippen molar-refractivity contribution in [3.05, 3.63) is 23.7 Å². The molecule has 0 aliphatic carbocycles. The molecule has 1 amide bonds. The lowest BCUT2D eigenvalue weighted by molar-refractivity contribution is -0.0560. The van der Waals surface area contributed by atoms with E-state index in [2.05, 4.69) is 15.9 Å². The Bertz CT molecular complexity index is 418. The third kappa shape index (κ3) is 2.78. The number of rotatable bonds is 3. The van der Waals surface area contributed by atoms with Crippen LogP contribution in [0.2, 0.25) is 0 Å². The molecule has 5 heteroatoms. The van der Waals surface area contributed by atoms with Crippen LogP contribution in [0.5, 0.6) is 0 Å². The Morgan fingerprint density at radius 1 is 1.56 bits per heavy atom. The molecule has 0 spiro atoms. The normalized spacial score (nSPS) is 24.3. The van der Waals surface area contributed by atoms with Crippen molar-refractivity contribution in [2.75, 3.05) is 18.4 Å². The molecule has 0 saturated carbocycles. The first-order valence-corrected chi connectivity index (χ1v) is 7.34. The fourth-order valence-electron chi connectivity index (χ4n) is 2.27. The molecule has 2 rings (SSSR count). The molecule has 1 aromatic heterocycles. The SMILES string of the molecule is CCc1occc1C(=O)N1CC(C)OC(CBr)C1. The van der Waals surface area contributed by atoms with Crippen LogP contribution in [-0.4, -0.2) is 41.4 Å². The molecule has 1 aliphatic heterocycles. The van der Waals surface area contributed by atoms with Gasteiger partial charge in [-0.2, -0.15) is 0 Å². The number of nitrogens with zero attached hydrogens (tertiary/aromatic N) is 1. The molecule has 0 bridgehead atoms. The third-order valence-corrected chi connectivity index (χ3v) is 3.80. The minimum atomic E-state index is 0.0432. The van der Waals surface area contributed by atoms with Gasteiger partial charge in [0.25, 0.3) is 5.91 Å². The minimum Gasteiger partial charge on any atom is -0.469 e. The molecular weight excluding hydrogens is 298 g/mol. The summed E-state index contributed by atoms with van der Waals surface area (Å²) in [5, 5.41) is 0.743. The first-order chi connectivity index (χ1) is 8.65. The maximum Gasteiger partial charge on any atom is 0.257 e. The molecule has 1 aromatic rings. The first-order valence-electron chi connectivity index (χ1n) is 6.22. The van der Waals surface area contributed by atoms with Crippen LogP contribution in [0.1, 0.15) is 30.0 Å². The molecule has 0 radical (unpaired) electrons. The van der Waals surface area contributed by atoms with Gasteiger partial charge in [-0.05, 0) is 13.0 Å². The van der Waals surface area contributed by atoms with Gasteiger partial charge in [0.15, 0.2) is 0 Å². The molecule has 1 saturated heterocycles. The van der Waals surface area contributed by atoms with E-state index < -0.39 is 0 Å². The van der Waals surface area contributed by atoms with Crippen LogP contribution in [-0.2, 0) is 11.2 Å². The predicted molar refractivity (Wildman–Crippen MR) is 72.1 cm³/mol. The second-order valence-corrected chi connectivity index (χ2v) is 5.19. The van der Waals surface area contributed by atoms with E-state index in [1.54, 1.807) is 12.3 Å². The number of aryl methyl sites for hydroxylation is 1. The Labute approximate surface area is 115 Å². The quantitative estimate of drug-likeness (QED) is 0.805. The summed E-state index contributed by atoms with van der Waals surface area (Å²) >= 11 is 3.41. The van der Waals surface area contributed by atoms with E-state index in [9.17, 15) is 4.79 Å². The second-order valence-electron chi connectivity index (χ2n) is 4.54. The van der Waals surface area contributed by atoms with Crippen molar-refractivity contribution in [2.45, 2.75) is 32.5 Å². The highest BCUT2D eigenvalue weighted by molar-refractivity contribution is 9.09. The van der Waals surface area contributed by atoms with Gasteiger partial charge in [-0.3, -0.25) is 4.79 Å². The number of alkyl halides is 1. The van der Waals surface area contributed by atoms with Gasteiger partial charge in [0.05, 0.1) is 24.0 Å². The van der Waals surface area contributed by atoms with E-state index in [0.717, 1.165) is 17.5 Å². The zero-order valence-electron chi connectivity index (χ0n) is 10.7. The molecule has 100 valence electrons. The predicted octanol–water partition coefficient (Wildman–Crippen LogP) is 2.47. The van der Waals surface area contributed by atoms with E-state index in [1.807, 2.05) is 18.7 Å². The summed E-state index contributed by atoms with van der Waals surface area (Å²) in [5.41, 5.74) is 0.680. The number of hydrogen-bond acceptors (Lipinski definition) is 3. The number of ether oxygens (including phenoxy) is 1. The van der Waals surface area contributed by atoms with Crippen LogP contribution in [0.15, 0.2) is 16.7 Å². The number of hydrogen-bond donors (Lipinski definition) is 0. The van der Waals surface area contributed by atoms with Crippen LogP contribution in [0.4, 0.5) is 0 Å². The Morgan fingerprint density at radius 3 is 3.00 bits per heavy atom. The van der Waals surface area contributed by atoms with Gasteiger partial charge in [-0.15, -0.1) is 0 Å². The highest BCUT2D eigenvalue weighted by Gasteiger charge is 2.29. The molecule has 4 nitrogen and oxygen atoms in total. The van der Waals surface area contributed by atoms with E-state index in [4.69, 9.17) is 9.15 Å². The molecule has 0 N–H and O–H groups in total. The molecular formula is C13H18BrNO3. The zero-order valence-corrected chi connectivity index (χ0v) is 12.3. The summed E-state index contributed by atoms with van der Waals surface area (Å²) in [6.07, 6.45) is 2.45. The Hall–Kier alpha value is -0.810. The third-order valence-electron chi connectivity index (χ3n) is 3.08. The van der Waals surface area contributed by atoms with Gasteiger partial charge >= 0.3 is 0 Å². The van der Waals surface area contributed by atoms with Crippen molar-refractivity contribution >= 4 is 21.8 Å². The lowest BCUT2D eigenvalue weighted by Gasteiger charge is -2.36. The summed E-state index contributed by atoms with van der Waals surface area (Å²) in [7, 11) is 0. The summed E-state index contributed by atoms with van der Waals surface area (Å²) < 4.78 is 11.0. The highest BCUT2D eigenvalue weighted by atomic mass is 79.9. The average molecular weight is 316 g/mol. The second kappa shape index (κ2) is 5.89. The molecule has 2 heterocycles. The number of morpholine rings is 1. The molecule has 18 heavy (non-hydrogen) atoms. The van der Waals surface area contributed by atoms with Crippen LogP contribution in [0.3, 0.4) is 0 Å². The van der Waals surface area contributed by atoms with Crippen LogP contribution >= 0.6 is 15.9 Å². The van der Waals surface area contributed by atoms with Crippen molar-refractivity contribution in [2.24, 2.45) is 0 Å². The summed E-state index contributed by atoms with van der Waals surface area (Å²) in [6.45, 7) is 5.24. The van der Waals surface area contributed by atoms with Gasteiger partial charge in [-0.1, -0.05) is 22.9 Å². The van der Waals surface area contributed by atoms with Crippen LogP contribution in [0, 0.1) is 0 Å². The lowest BCUT2D eigenvalue weighted by atomic mass is 10.1. The fourth-order valence-corrected chi connectivity index (χ4v) is 2.63. The highest BCUT2D eigenvalue weighted by Crippen LogP contribution is 2.19. The van der Waals surface area contributed by atoms with Crippen molar-refractivity contribution in [1.29, 1.82) is 0 Å². The summed E-state index contributed by atoms with van der Waals surface area (Å²) in [6, 6.07) is 1.75. The van der Waals surface area contributed by atoms with Crippen molar-refractivity contribution in [3.63, 3.8) is 0 Å². The fraction of sp³-hybridized carbons (Fsp3) is 0.615. The summed E-state index contributed by atoms with van der Waals surface area (Å²) in [5.74, 6) is 0.802. The van der Waals surface area contributed by atoms with Gasteiger partial charge in [-0.25, -0.2) is 0 Å². The van der Waals surface area contributed by atoms with Crippen LogP contribution in [0.25, 0.3) is 0 Å². The van der Waals surface area contributed by atoms with E-state index in [0.29, 0.717) is 18.7 Å². The van der Waals surface area contributed by atoms with Gasteiger partial charge < -0.3 is 14.1 Å². The van der Waals surface area contributed by atoms with Crippen molar-refractivity contribution in [3.8, 4) is 0 Å². The summed E-state index contributed by atoms with van der Waals surface area (Å²) in [4.78, 5) is 14.3. The van der Waals surface area contributed by atoms with Crippen molar-refractivity contribution in [1.82, 2.24) is 4.90 Å². The zero-order chi connectivity index (χ0) is 13.1. The number of carbonyl (C=O) groups excluding carboxylic acids is 1. The first kappa shape index (κ1) is 13.6.